The summed E-state index contributed by atoms with van der Waals surface area (Å²) in [4.78, 5) is 0. The van der Waals surface area contributed by atoms with Gasteiger partial charge in [0.1, 0.15) is 11.6 Å². The van der Waals surface area contributed by atoms with Crippen molar-refractivity contribution in [2.24, 2.45) is 5.92 Å². The zero-order valence-corrected chi connectivity index (χ0v) is 17.9. The molecule has 30 heavy (non-hydrogen) atoms. The van der Waals surface area contributed by atoms with Gasteiger partial charge in [-0.2, -0.15) is 0 Å². The molecule has 2 nitrogen and oxygen atoms in total. The van der Waals surface area contributed by atoms with Gasteiger partial charge in [0.15, 0.2) is 11.6 Å². The molecule has 0 N–H and O–H groups in total. The molecule has 2 aromatic rings. The van der Waals surface area contributed by atoms with Crippen molar-refractivity contribution in [2.45, 2.75) is 64.9 Å². The molecule has 1 aliphatic rings. The van der Waals surface area contributed by atoms with Crippen LogP contribution in [0.5, 0.6) is 5.75 Å². The second-order valence-corrected chi connectivity index (χ2v) is 8.08. The first-order valence-electron chi connectivity index (χ1n) is 11.1. The minimum Gasteiger partial charge on any atom is -0.493 e. The van der Waals surface area contributed by atoms with E-state index in [1.807, 2.05) is 0 Å². The van der Waals surface area contributed by atoms with E-state index in [1.165, 1.54) is 24.3 Å². The smallest absolute Gasteiger partial charge is 0.167 e. The van der Waals surface area contributed by atoms with Crippen molar-refractivity contribution in [3.05, 3.63) is 53.3 Å². The van der Waals surface area contributed by atoms with Crippen LogP contribution in [0.4, 0.5) is 13.2 Å². The SMILES string of the molecule is CCCCCOc1ccc(-c2ccc(C3CCC(CCC)CO3)c(F)c2F)c(F)c1. The normalized spacial score (nSPS) is 19.1. The predicted octanol–water partition coefficient (Wildman–Crippen LogP) is 7.61. The Bertz CT molecular complexity index is 829. The molecule has 1 aliphatic heterocycles. The molecule has 0 spiro atoms. The lowest BCUT2D eigenvalue weighted by atomic mass is 9.91. The molecular formula is C25H31F3O2. The molecule has 3 rings (SSSR count). The number of unbranched alkanes of at least 4 members (excludes halogenated alkanes) is 2. The van der Waals surface area contributed by atoms with Gasteiger partial charge >= 0.3 is 0 Å². The number of halogens is 3. The van der Waals surface area contributed by atoms with E-state index in [1.54, 1.807) is 6.07 Å². The topological polar surface area (TPSA) is 18.5 Å². The van der Waals surface area contributed by atoms with Crippen LogP contribution in [0.3, 0.4) is 0 Å². The highest BCUT2D eigenvalue weighted by Gasteiger charge is 2.27. The number of hydrogen-bond acceptors (Lipinski definition) is 2. The third kappa shape index (κ3) is 5.37. The zero-order valence-electron chi connectivity index (χ0n) is 17.9. The van der Waals surface area contributed by atoms with E-state index in [4.69, 9.17) is 9.47 Å². The Morgan fingerprint density at radius 1 is 0.933 bits per heavy atom. The summed E-state index contributed by atoms with van der Waals surface area (Å²) in [5, 5.41) is 0. The Hall–Kier alpha value is -2.01. The Morgan fingerprint density at radius 2 is 1.73 bits per heavy atom. The Kier molecular flexibility index (Phi) is 8.20. The summed E-state index contributed by atoms with van der Waals surface area (Å²) in [7, 11) is 0. The highest BCUT2D eigenvalue weighted by molar-refractivity contribution is 5.66. The van der Waals surface area contributed by atoms with Crippen molar-refractivity contribution < 1.29 is 22.6 Å². The molecule has 1 heterocycles. The van der Waals surface area contributed by atoms with E-state index < -0.39 is 23.6 Å². The number of hydrogen-bond donors (Lipinski definition) is 0. The van der Waals surface area contributed by atoms with Crippen LogP contribution in [0.2, 0.25) is 0 Å². The molecule has 0 aliphatic carbocycles. The molecule has 0 aromatic heterocycles. The maximum atomic E-state index is 14.8. The van der Waals surface area contributed by atoms with E-state index in [9.17, 15) is 13.2 Å². The lowest BCUT2D eigenvalue weighted by Crippen LogP contribution is -2.21. The third-order valence-electron chi connectivity index (χ3n) is 5.77. The first kappa shape index (κ1) is 22.7. The molecule has 0 bridgehead atoms. The second-order valence-electron chi connectivity index (χ2n) is 8.08. The van der Waals surface area contributed by atoms with Crippen LogP contribution in [0, 0.1) is 23.4 Å². The molecule has 2 atom stereocenters. The van der Waals surface area contributed by atoms with Crippen LogP contribution in [-0.2, 0) is 4.74 Å². The number of ether oxygens (including phenoxy) is 2. The molecule has 164 valence electrons. The highest BCUT2D eigenvalue weighted by Crippen LogP contribution is 2.37. The summed E-state index contributed by atoms with van der Waals surface area (Å²) in [6.45, 7) is 5.29. The molecule has 0 saturated carbocycles. The van der Waals surface area contributed by atoms with Crippen LogP contribution < -0.4 is 4.74 Å². The van der Waals surface area contributed by atoms with Crippen molar-refractivity contribution >= 4 is 0 Å². The van der Waals surface area contributed by atoms with E-state index in [-0.39, 0.29) is 16.7 Å². The monoisotopic (exact) mass is 420 g/mol. The van der Waals surface area contributed by atoms with Crippen LogP contribution >= 0.6 is 0 Å². The van der Waals surface area contributed by atoms with Gasteiger partial charge in [0.2, 0.25) is 0 Å². The fourth-order valence-corrected chi connectivity index (χ4v) is 4.05. The Balaban J connectivity index is 1.74. The summed E-state index contributed by atoms with van der Waals surface area (Å²) in [6.07, 6.45) is 6.33. The molecule has 2 unspecified atom stereocenters. The van der Waals surface area contributed by atoms with Crippen molar-refractivity contribution in [1.82, 2.24) is 0 Å². The molecule has 0 radical (unpaired) electrons. The molecule has 2 aromatic carbocycles. The van der Waals surface area contributed by atoms with Gasteiger partial charge in [-0.3, -0.25) is 0 Å². The third-order valence-corrected chi connectivity index (χ3v) is 5.77. The first-order valence-corrected chi connectivity index (χ1v) is 11.1. The predicted molar refractivity (Wildman–Crippen MR) is 113 cm³/mol. The van der Waals surface area contributed by atoms with Crippen molar-refractivity contribution in [2.75, 3.05) is 13.2 Å². The van der Waals surface area contributed by atoms with Gasteiger partial charge in [0, 0.05) is 22.8 Å². The van der Waals surface area contributed by atoms with Crippen molar-refractivity contribution in [3.8, 4) is 16.9 Å². The first-order chi connectivity index (χ1) is 14.5. The quantitative estimate of drug-likeness (QED) is 0.389. The molecule has 1 fully saturated rings. The Labute approximate surface area is 177 Å². The van der Waals surface area contributed by atoms with Gasteiger partial charge < -0.3 is 9.47 Å². The van der Waals surface area contributed by atoms with Gasteiger partial charge in [0.05, 0.1) is 19.3 Å². The van der Waals surface area contributed by atoms with E-state index in [0.717, 1.165) is 38.5 Å². The van der Waals surface area contributed by atoms with Crippen LogP contribution in [-0.4, -0.2) is 13.2 Å². The summed E-state index contributed by atoms with van der Waals surface area (Å²) in [5.74, 6) is -1.75. The summed E-state index contributed by atoms with van der Waals surface area (Å²) >= 11 is 0. The van der Waals surface area contributed by atoms with Gasteiger partial charge in [-0.05, 0) is 43.7 Å². The van der Waals surface area contributed by atoms with Crippen LogP contribution in [0.15, 0.2) is 30.3 Å². The Morgan fingerprint density at radius 3 is 2.40 bits per heavy atom. The zero-order chi connectivity index (χ0) is 21.5. The molecule has 1 saturated heterocycles. The summed E-state index contributed by atoms with van der Waals surface area (Å²) < 4.78 is 55.6. The lowest BCUT2D eigenvalue weighted by Gasteiger charge is -2.29. The standard InChI is InChI=1S/C25H31F3O2/c1-3-5-6-14-29-18-9-10-19(22(26)15-18)20-11-12-21(25(28)24(20)27)23-13-8-17(7-4-2)16-30-23/h9-12,15,17,23H,3-8,13-14,16H2,1-2H3. The van der Waals surface area contributed by atoms with Crippen LogP contribution in [0.1, 0.15) is 70.5 Å². The molecule has 5 heteroatoms. The van der Waals surface area contributed by atoms with E-state index in [0.29, 0.717) is 31.3 Å². The fraction of sp³-hybridized carbons (Fsp3) is 0.520. The fourth-order valence-electron chi connectivity index (χ4n) is 4.05. The maximum Gasteiger partial charge on any atom is 0.167 e. The minimum absolute atomic E-state index is 0.0198. The average molecular weight is 421 g/mol. The molecular weight excluding hydrogens is 389 g/mol. The second kappa shape index (κ2) is 10.9. The van der Waals surface area contributed by atoms with Gasteiger partial charge in [-0.15, -0.1) is 0 Å². The number of benzene rings is 2. The number of rotatable bonds is 9. The average Bonchev–Trinajstić information content (AvgIpc) is 2.75. The summed E-state index contributed by atoms with van der Waals surface area (Å²) in [6, 6.07) is 7.22. The molecule has 0 amide bonds. The van der Waals surface area contributed by atoms with Crippen molar-refractivity contribution in [3.63, 3.8) is 0 Å². The van der Waals surface area contributed by atoms with Gasteiger partial charge in [-0.1, -0.05) is 45.2 Å². The van der Waals surface area contributed by atoms with E-state index >= 15 is 0 Å². The van der Waals surface area contributed by atoms with Crippen molar-refractivity contribution in [1.29, 1.82) is 0 Å². The van der Waals surface area contributed by atoms with Crippen LogP contribution in [0.25, 0.3) is 11.1 Å². The largest absolute Gasteiger partial charge is 0.493 e. The highest BCUT2D eigenvalue weighted by atomic mass is 19.2. The van der Waals surface area contributed by atoms with Gasteiger partial charge in [-0.25, -0.2) is 13.2 Å². The van der Waals surface area contributed by atoms with E-state index in [2.05, 4.69) is 13.8 Å². The lowest BCUT2D eigenvalue weighted by molar-refractivity contribution is -0.0214. The summed E-state index contributed by atoms with van der Waals surface area (Å²) in [5.41, 5.74) is 0.139. The minimum atomic E-state index is -1.04. The van der Waals surface area contributed by atoms with Gasteiger partial charge in [0.25, 0.3) is 0 Å². The maximum absolute atomic E-state index is 14.8.